The van der Waals surface area contributed by atoms with Crippen molar-refractivity contribution in [3.63, 3.8) is 0 Å². The molecule has 0 N–H and O–H groups in total. The molecule has 0 spiro atoms. The monoisotopic (exact) mass is 515 g/mol. The van der Waals surface area contributed by atoms with Gasteiger partial charge in [-0.2, -0.15) is 0 Å². The molecule has 0 bridgehead atoms. The van der Waals surface area contributed by atoms with Crippen LogP contribution in [0.1, 0.15) is 40.0 Å². The molecule has 0 aliphatic carbocycles. The van der Waals surface area contributed by atoms with Crippen LogP contribution < -0.4 is 0 Å². The number of likely N-dealkylation sites (tertiary alicyclic amines) is 1. The number of para-hydroxylation sites is 1. The van der Waals surface area contributed by atoms with Crippen molar-refractivity contribution in [2.45, 2.75) is 52.2 Å². The number of non-ortho nitro benzene ring substituents is 1. The summed E-state index contributed by atoms with van der Waals surface area (Å²) in [5, 5.41) is 12.2. The number of hydrogen-bond donors (Lipinski definition) is 0. The van der Waals surface area contributed by atoms with Gasteiger partial charge >= 0.3 is 6.09 Å². The number of benzene rings is 2. The molecule has 2 aromatic carbocycles. The number of nitrogens with zero attached hydrogens (tertiary/aromatic N) is 5. The van der Waals surface area contributed by atoms with Gasteiger partial charge in [0.1, 0.15) is 11.4 Å². The summed E-state index contributed by atoms with van der Waals surface area (Å²) < 4.78 is 9.78. The van der Waals surface area contributed by atoms with Gasteiger partial charge in [-0.05, 0) is 64.2 Å². The fourth-order valence-electron chi connectivity index (χ4n) is 5.09. The lowest BCUT2D eigenvalue weighted by Gasteiger charge is -2.33. The van der Waals surface area contributed by atoms with Crippen molar-refractivity contribution in [3.05, 3.63) is 77.2 Å². The third-order valence-electron chi connectivity index (χ3n) is 7.05. The summed E-state index contributed by atoms with van der Waals surface area (Å²) in [6, 6.07) is 14.7. The van der Waals surface area contributed by atoms with Crippen LogP contribution in [-0.2, 0) is 11.3 Å². The summed E-state index contributed by atoms with van der Waals surface area (Å²) in [6.07, 6.45) is 8.61. The van der Waals surface area contributed by atoms with Crippen LogP contribution in [0, 0.1) is 16.0 Å². The second kappa shape index (κ2) is 10.3. The minimum atomic E-state index is -0.479. The average molecular weight is 516 g/mol. The second-order valence-electron chi connectivity index (χ2n) is 10.8. The molecule has 1 aliphatic heterocycles. The van der Waals surface area contributed by atoms with Gasteiger partial charge in [0.25, 0.3) is 5.69 Å². The van der Waals surface area contributed by atoms with Crippen molar-refractivity contribution in [1.29, 1.82) is 0 Å². The van der Waals surface area contributed by atoms with E-state index in [1.54, 1.807) is 12.1 Å². The van der Waals surface area contributed by atoms with Crippen LogP contribution in [0.25, 0.3) is 28.0 Å². The van der Waals surface area contributed by atoms with Crippen molar-refractivity contribution in [2.24, 2.45) is 5.92 Å². The maximum atomic E-state index is 12.4. The van der Waals surface area contributed by atoms with Crippen LogP contribution in [-0.4, -0.2) is 48.7 Å². The average Bonchev–Trinajstić information content (AvgIpc) is 3.51. The van der Waals surface area contributed by atoms with E-state index >= 15 is 0 Å². The highest BCUT2D eigenvalue weighted by atomic mass is 16.6. The molecular weight excluding hydrogens is 482 g/mol. The summed E-state index contributed by atoms with van der Waals surface area (Å²) >= 11 is 0. The van der Waals surface area contributed by atoms with E-state index < -0.39 is 5.60 Å². The summed E-state index contributed by atoms with van der Waals surface area (Å²) in [7, 11) is 0. The Hall–Kier alpha value is -4.14. The third kappa shape index (κ3) is 5.41. The Morgan fingerprint density at radius 2 is 1.82 bits per heavy atom. The van der Waals surface area contributed by atoms with E-state index in [9.17, 15) is 14.9 Å². The molecule has 4 aromatic rings. The number of nitro benzene ring substituents is 1. The standard InChI is InChI=1S/C29H33N5O4/c1-29(2,3)38-28(35)32-17-13-21(14-18-32)12-16-31-19-15-30-27(31)25-20-33(26-7-5-4-6-24(25)26)22-8-10-23(11-9-22)34(36)37/h4-11,15,19-21H,12-14,16-18H2,1-3H3. The number of ether oxygens (including phenoxy) is 1. The number of carbonyl (C=O) groups is 1. The predicted molar refractivity (Wildman–Crippen MR) is 146 cm³/mol. The lowest BCUT2D eigenvalue weighted by molar-refractivity contribution is -0.384. The van der Waals surface area contributed by atoms with Gasteiger partial charge in [0.05, 0.1) is 10.4 Å². The van der Waals surface area contributed by atoms with E-state index in [1.165, 1.54) is 12.1 Å². The molecule has 1 saturated heterocycles. The van der Waals surface area contributed by atoms with Crippen molar-refractivity contribution in [1.82, 2.24) is 19.0 Å². The van der Waals surface area contributed by atoms with Crippen molar-refractivity contribution < 1.29 is 14.5 Å². The van der Waals surface area contributed by atoms with Gasteiger partial charge in [0.2, 0.25) is 0 Å². The zero-order chi connectivity index (χ0) is 26.9. The molecule has 1 amide bonds. The van der Waals surface area contributed by atoms with Crippen molar-refractivity contribution in [3.8, 4) is 17.1 Å². The number of hydrogen-bond acceptors (Lipinski definition) is 5. The SMILES string of the molecule is CC(C)(C)OC(=O)N1CCC(CCn2ccnc2-c2cn(-c3ccc([N+](=O)[O-])cc3)c3ccccc23)CC1. The number of imidazole rings is 1. The minimum Gasteiger partial charge on any atom is -0.444 e. The summed E-state index contributed by atoms with van der Waals surface area (Å²) in [5.41, 5.74) is 2.47. The lowest BCUT2D eigenvalue weighted by atomic mass is 9.93. The van der Waals surface area contributed by atoms with E-state index in [0.29, 0.717) is 5.92 Å². The van der Waals surface area contributed by atoms with Crippen LogP contribution in [0.5, 0.6) is 0 Å². The van der Waals surface area contributed by atoms with Gasteiger partial charge in [0.15, 0.2) is 0 Å². The van der Waals surface area contributed by atoms with Crippen LogP contribution >= 0.6 is 0 Å². The highest BCUT2D eigenvalue weighted by Crippen LogP contribution is 2.33. The zero-order valence-electron chi connectivity index (χ0n) is 22.0. The first kappa shape index (κ1) is 25.5. The molecule has 9 heteroatoms. The molecule has 0 unspecified atom stereocenters. The number of amides is 1. The Morgan fingerprint density at radius 1 is 1.11 bits per heavy atom. The van der Waals surface area contributed by atoms with Crippen LogP contribution in [0.3, 0.4) is 0 Å². The molecule has 0 atom stereocenters. The molecule has 1 aliphatic rings. The molecule has 0 radical (unpaired) electrons. The normalized spacial score (nSPS) is 14.7. The Morgan fingerprint density at radius 3 is 2.50 bits per heavy atom. The Bertz CT molecular complexity index is 1440. The third-order valence-corrected chi connectivity index (χ3v) is 7.05. The fraction of sp³-hybridized carbons (Fsp3) is 0.379. The highest BCUT2D eigenvalue weighted by molar-refractivity contribution is 5.95. The number of nitro groups is 1. The van der Waals surface area contributed by atoms with E-state index in [-0.39, 0.29) is 16.7 Å². The van der Waals surface area contributed by atoms with Gasteiger partial charge in [-0.15, -0.1) is 0 Å². The molecule has 2 aromatic heterocycles. The first-order valence-corrected chi connectivity index (χ1v) is 13.0. The number of piperidine rings is 1. The van der Waals surface area contributed by atoms with Gasteiger partial charge in [-0.3, -0.25) is 10.1 Å². The minimum absolute atomic E-state index is 0.0675. The topological polar surface area (TPSA) is 95.4 Å². The largest absolute Gasteiger partial charge is 0.444 e. The molecule has 0 saturated carbocycles. The van der Waals surface area contributed by atoms with Crippen molar-refractivity contribution in [2.75, 3.05) is 13.1 Å². The zero-order valence-corrected chi connectivity index (χ0v) is 22.0. The Balaban J connectivity index is 1.31. The Kier molecular flexibility index (Phi) is 6.93. The summed E-state index contributed by atoms with van der Waals surface area (Å²) in [6.45, 7) is 7.96. The molecule has 9 nitrogen and oxygen atoms in total. The quantitative estimate of drug-likeness (QED) is 0.218. The maximum absolute atomic E-state index is 12.4. The van der Waals surface area contributed by atoms with Gasteiger partial charge in [-0.25, -0.2) is 9.78 Å². The summed E-state index contributed by atoms with van der Waals surface area (Å²) in [4.78, 5) is 29.6. The van der Waals surface area contributed by atoms with E-state index in [4.69, 9.17) is 9.72 Å². The maximum Gasteiger partial charge on any atom is 0.410 e. The molecule has 1 fully saturated rings. The number of fused-ring (bicyclic) bond motifs is 1. The number of aromatic nitrogens is 3. The molecule has 198 valence electrons. The van der Waals surface area contributed by atoms with Crippen LogP contribution in [0.4, 0.5) is 10.5 Å². The van der Waals surface area contributed by atoms with Gasteiger partial charge in [-0.1, -0.05) is 18.2 Å². The second-order valence-corrected chi connectivity index (χ2v) is 10.8. The summed E-state index contributed by atoms with van der Waals surface area (Å²) in [5.74, 6) is 1.43. The van der Waals surface area contributed by atoms with Gasteiger partial charge in [0, 0.05) is 67.0 Å². The molecule has 5 rings (SSSR count). The fourth-order valence-corrected chi connectivity index (χ4v) is 5.09. The van der Waals surface area contributed by atoms with Crippen molar-refractivity contribution >= 4 is 22.7 Å². The molecular formula is C29H33N5O4. The Labute approximate surface area is 221 Å². The van der Waals surface area contributed by atoms with Crippen LogP contribution in [0.2, 0.25) is 0 Å². The molecule has 38 heavy (non-hydrogen) atoms. The number of rotatable bonds is 6. The first-order chi connectivity index (χ1) is 18.2. The predicted octanol–water partition coefficient (Wildman–Crippen LogP) is 6.44. The van der Waals surface area contributed by atoms with Gasteiger partial charge < -0.3 is 18.8 Å². The highest BCUT2D eigenvalue weighted by Gasteiger charge is 2.27. The van der Waals surface area contributed by atoms with E-state index in [0.717, 1.165) is 66.9 Å². The van der Waals surface area contributed by atoms with E-state index in [1.807, 2.05) is 56.3 Å². The number of carbonyl (C=O) groups excluding carboxylic acids is 1. The van der Waals surface area contributed by atoms with Crippen LogP contribution in [0.15, 0.2) is 67.1 Å². The lowest BCUT2D eigenvalue weighted by Crippen LogP contribution is -2.41. The smallest absolute Gasteiger partial charge is 0.410 e. The first-order valence-electron chi connectivity index (χ1n) is 13.0. The number of aryl methyl sites for hydroxylation is 1. The molecule has 3 heterocycles. The van der Waals surface area contributed by atoms with E-state index in [2.05, 4.69) is 21.4 Å².